The summed E-state index contributed by atoms with van der Waals surface area (Å²) in [5, 5.41) is 3.09. The lowest BCUT2D eigenvalue weighted by molar-refractivity contribution is 0.0688. The summed E-state index contributed by atoms with van der Waals surface area (Å²) in [5.41, 5.74) is -0.472. The molecule has 104 valence electrons. The molecule has 1 aromatic carbocycles. The number of nitrogens with zero attached hydrogens (tertiary/aromatic N) is 1. The van der Waals surface area contributed by atoms with Crippen molar-refractivity contribution in [1.29, 1.82) is 0 Å². The Kier molecular flexibility index (Phi) is 4.52. The van der Waals surface area contributed by atoms with Crippen molar-refractivity contribution in [1.82, 2.24) is 10.2 Å². The lowest BCUT2D eigenvalue weighted by Crippen LogP contribution is -2.47. The van der Waals surface area contributed by atoms with Gasteiger partial charge in [0.1, 0.15) is 17.2 Å². The predicted octanol–water partition coefficient (Wildman–Crippen LogP) is 2.55. The van der Waals surface area contributed by atoms with E-state index in [1.807, 2.05) is 7.05 Å². The number of hydrogen-bond acceptors (Lipinski definition) is 2. The number of likely N-dealkylation sites (tertiary alicyclic amines) is 1. The zero-order valence-corrected chi connectivity index (χ0v) is 12.1. The number of carbonyl (C=O) groups excluding carboxylic acids is 1. The molecule has 6 heteroatoms. The van der Waals surface area contributed by atoms with Gasteiger partial charge >= 0.3 is 0 Å². The summed E-state index contributed by atoms with van der Waals surface area (Å²) in [5.74, 6) is -2.24. The number of likely N-dealkylation sites (N-methyl/N-ethyl adjacent to an activating group) is 1. The van der Waals surface area contributed by atoms with Gasteiger partial charge in [-0.1, -0.05) is 15.9 Å². The Balaban J connectivity index is 2.24. The lowest BCUT2D eigenvalue weighted by Gasteiger charge is -2.32. The topological polar surface area (TPSA) is 32.3 Å². The highest BCUT2D eigenvalue weighted by Crippen LogP contribution is 2.22. The fraction of sp³-hybridized carbons (Fsp3) is 0.462. The van der Waals surface area contributed by atoms with Gasteiger partial charge in [-0.15, -0.1) is 0 Å². The van der Waals surface area contributed by atoms with Crippen LogP contribution in [-0.2, 0) is 0 Å². The first-order chi connectivity index (χ1) is 9.02. The SMILES string of the molecule is CNC1CCCN(C(=O)c2c(F)cc(Br)cc2F)C1. The van der Waals surface area contributed by atoms with Crippen LogP contribution < -0.4 is 5.32 Å². The summed E-state index contributed by atoms with van der Waals surface area (Å²) < 4.78 is 27.8. The van der Waals surface area contributed by atoms with Gasteiger partial charge in [-0.05, 0) is 32.0 Å². The minimum absolute atomic E-state index is 0.180. The highest BCUT2D eigenvalue weighted by atomic mass is 79.9. The average Bonchev–Trinajstić information content (AvgIpc) is 2.37. The molecular weight excluding hydrogens is 318 g/mol. The Bertz CT molecular complexity index is 473. The molecule has 1 fully saturated rings. The van der Waals surface area contributed by atoms with Crippen LogP contribution in [0.3, 0.4) is 0 Å². The van der Waals surface area contributed by atoms with Crippen LogP contribution >= 0.6 is 15.9 Å². The molecule has 0 saturated carbocycles. The molecule has 0 spiro atoms. The van der Waals surface area contributed by atoms with Crippen LogP contribution in [0.25, 0.3) is 0 Å². The quantitative estimate of drug-likeness (QED) is 0.902. The van der Waals surface area contributed by atoms with Crippen LogP contribution in [-0.4, -0.2) is 37.0 Å². The lowest BCUT2D eigenvalue weighted by atomic mass is 10.0. The van der Waals surface area contributed by atoms with E-state index in [-0.39, 0.29) is 10.5 Å². The first-order valence-corrected chi connectivity index (χ1v) is 6.93. The molecule has 1 aliphatic heterocycles. The maximum absolute atomic E-state index is 13.8. The fourth-order valence-electron chi connectivity index (χ4n) is 2.30. The number of halogens is 3. The van der Waals surface area contributed by atoms with E-state index in [1.54, 1.807) is 0 Å². The Morgan fingerprint density at radius 1 is 1.42 bits per heavy atom. The normalized spacial score (nSPS) is 19.6. The second-order valence-corrected chi connectivity index (χ2v) is 5.54. The Labute approximate surface area is 119 Å². The monoisotopic (exact) mass is 332 g/mol. The van der Waals surface area contributed by atoms with E-state index in [0.717, 1.165) is 25.0 Å². The number of rotatable bonds is 2. The highest BCUT2D eigenvalue weighted by Gasteiger charge is 2.27. The minimum atomic E-state index is -0.830. The van der Waals surface area contributed by atoms with Gasteiger partial charge in [-0.3, -0.25) is 4.79 Å². The molecule has 0 aliphatic carbocycles. The smallest absolute Gasteiger partial charge is 0.259 e. The van der Waals surface area contributed by atoms with Crippen molar-refractivity contribution in [3.63, 3.8) is 0 Å². The van der Waals surface area contributed by atoms with E-state index in [9.17, 15) is 13.6 Å². The van der Waals surface area contributed by atoms with Gasteiger partial charge in [0.15, 0.2) is 0 Å². The number of piperidine rings is 1. The molecule has 1 aliphatic rings. The Hall–Kier alpha value is -1.01. The third kappa shape index (κ3) is 3.12. The molecule has 1 heterocycles. The molecule has 1 unspecified atom stereocenters. The standard InChI is InChI=1S/C13H15BrF2N2O/c1-17-9-3-2-4-18(7-9)13(19)12-10(15)5-8(14)6-11(12)16/h5-6,9,17H,2-4,7H2,1H3. The van der Waals surface area contributed by atoms with E-state index >= 15 is 0 Å². The van der Waals surface area contributed by atoms with Crippen LogP contribution in [0.2, 0.25) is 0 Å². The van der Waals surface area contributed by atoms with Crippen LogP contribution in [0.4, 0.5) is 8.78 Å². The summed E-state index contributed by atoms with van der Waals surface area (Å²) in [6, 6.07) is 2.39. The molecule has 19 heavy (non-hydrogen) atoms. The molecule has 2 rings (SSSR count). The van der Waals surface area contributed by atoms with Crippen molar-refractivity contribution in [3.05, 3.63) is 33.8 Å². The maximum atomic E-state index is 13.8. The van der Waals surface area contributed by atoms with E-state index in [4.69, 9.17) is 0 Å². The van der Waals surface area contributed by atoms with E-state index in [0.29, 0.717) is 13.1 Å². The van der Waals surface area contributed by atoms with Gasteiger partial charge in [0, 0.05) is 23.6 Å². The number of carbonyl (C=O) groups is 1. The van der Waals surface area contributed by atoms with E-state index < -0.39 is 23.1 Å². The maximum Gasteiger partial charge on any atom is 0.259 e. The summed E-state index contributed by atoms with van der Waals surface area (Å²) in [6.45, 7) is 1.01. The number of hydrogen-bond donors (Lipinski definition) is 1. The van der Waals surface area contributed by atoms with Gasteiger partial charge in [0.2, 0.25) is 0 Å². The Morgan fingerprint density at radius 3 is 2.63 bits per heavy atom. The summed E-state index contributed by atoms with van der Waals surface area (Å²) in [7, 11) is 1.82. The number of nitrogens with one attached hydrogen (secondary N) is 1. The third-order valence-electron chi connectivity index (χ3n) is 3.34. The zero-order valence-electron chi connectivity index (χ0n) is 10.5. The van der Waals surface area contributed by atoms with Crippen molar-refractivity contribution in [2.75, 3.05) is 20.1 Å². The summed E-state index contributed by atoms with van der Waals surface area (Å²) in [4.78, 5) is 13.7. The van der Waals surface area contributed by atoms with Crippen LogP contribution in [0, 0.1) is 11.6 Å². The molecule has 0 radical (unpaired) electrons. The van der Waals surface area contributed by atoms with Crippen molar-refractivity contribution in [2.45, 2.75) is 18.9 Å². The minimum Gasteiger partial charge on any atom is -0.337 e. The molecule has 1 N–H and O–H groups in total. The first kappa shape index (κ1) is 14.4. The van der Waals surface area contributed by atoms with Crippen molar-refractivity contribution >= 4 is 21.8 Å². The first-order valence-electron chi connectivity index (χ1n) is 6.14. The van der Waals surface area contributed by atoms with Gasteiger partial charge in [-0.2, -0.15) is 0 Å². The second-order valence-electron chi connectivity index (χ2n) is 4.62. The van der Waals surface area contributed by atoms with Gasteiger partial charge in [0.05, 0.1) is 0 Å². The van der Waals surface area contributed by atoms with Crippen LogP contribution in [0.15, 0.2) is 16.6 Å². The van der Waals surface area contributed by atoms with Crippen LogP contribution in [0.5, 0.6) is 0 Å². The van der Waals surface area contributed by atoms with Crippen LogP contribution in [0.1, 0.15) is 23.2 Å². The predicted molar refractivity (Wildman–Crippen MR) is 72.0 cm³/mol. The fourth-order valence-corrected chi connectivity index (χ4v) is 2.70. The largest absolute Gasteiger partial charge is 0.337 e. The molecule has 1 saturated heterocycles. The third-order valence-corrected chi connectivity index (χ3v) is 3.80. The molecule has 3 nitrogen and oxygen atoms in total. The number of amides is 1. The van der Waals surface area contributed by atoms with Crippen molar-refractivity contribution in [2.24, 2.45) is 0 Å². The Morgan fingerprint density at radius 2 is 2.05 bits per heavy atom. The van der Waals surface area contributed by atoms with E-state index in [1.165, 1.54) is 4.90 Å². The van der Waals surface area contributed by atoms with Gasteiger partial charge < -0.3 is 10.2 Å². The molecule has 1 atom stereocenters. The molecule has 0 aromatic heterocycles. The summed E-state index contributed by atoms with van der Waals surface area (Å²) >= 11 is 3.00. The number of benzene rings is 1. The second kappa shape index (κ2) is 5.96. The van der Waals surface area contributed by atoms with E-state index in [2.05, 4.69) is 21.2 Å². The molecule has 1 amide bonds. The van der Waals surface area contributed by atoms with Gasteiger partial charge in [0.25, 0.3) is 5.91 Å². The molecule has 0 bridgehead atoms. The zero-order chi connectivity index (χ0) is 14.0. The van der Waals surface area contributed by atoms with Gasteiger partial charge in [-0.25, -0.2) is 8.78 Å². The molecule has 1 aromatic rings. The summed E-state index contributed by atoms with van der Waals surface area (Å²) in [6.07, 6.45) is 1.79. The average molecular weight is 333 g/mol. The molecular formula is C13H15BrF2N2O. The highest BCUT2D eigenvalue weighted by molar-refractivity contribution is 9.10. The van der Waals surface area contributed by atoms with Crippen molar-refractivity contribution in [3.8, 4) is 0 Å². The van der Waals surface area contributed by atoms with Crippen molar-refractivity contribution < 1.29 is 13.6 Å².